The van der Waals surface area contributed by atoms with Gasteiger partial charge in [0.15, 0.2) is 0 Å². The zero-order valence-electron chi connectivity index (χ0n) is 13.2. The maximum absolute atomic E-state index is 5.72. The highest BCUT2D eigenvalue weighted by atomic mass is 15.3. The standard InChI is InChI=1S/C17H26N4/c1-3-14-10(2)19-16(20-15(14)21-18)17-7-11-4-12(8-17)6-13(5-11)9-17/h11-13H,3-9,18H2,1-2H3,(H,19,20,21). The van der Waals surface area contributed by atoms with Crippen molar-refractivity contribution in [2.45, 2.75) is 64.2 Å². The van der Waals surface area contributed by atoms with Gasteiger partial charge in [-0.3, -0.25) is 0 Å². The Labute approximate surface area is 126 Å². The van der Waals surface area contributed by atoms with Crippen molar-refractivity contribution in [3.05, 3.63) is 17.1 Å². The molecule has 3 N–H and O–H groups in total. The molecule has 4 nitrogen and oxygen atoms in total. The number of aromatic nitrogens is 2. The fourth-order valence-electron chi connectivity index (χ4n) is 5.76. The highest BCUT2D eigenvalue weighted by Crippen LogP contribution is 2.60. The van der Waals surface area contributed by atoms with Crippen molar-refractivity contribution in [1.29, 1.82) is 0 Å². The second-order valence-corrected chi connectivity index (χ2v) is 7.66. The average Bonchev–Trinajstić information content (AvgIpc) is 2.44. The maximum Gasteiger partial charge on any atom is 0.147 e. The van der Waals surface area contributed by atoms with Gasteiger partial charge in [0.1, 0.15) is 11.6 Å². The van der Waals surface area contributed by atoms with Crippen molar-refractivity contribution in [3.63, 3.8) is 0 Å². The lowest BCUT2D eigenvalue weighted by Crippen LogP contribution is -2.49. The van der Waals surface area contributed by atoms with Gasteiger partial charge in [0.05, 0.1) is 0 Å². The first kappa shape index (κ1) is 13.5. The number of hydrazine groups is 1. The summed E-state index contributed by atoms with van der Waals surface area (Å²) in [5.41, 5.74) is 5.32. The van der Waals surface area contributed by atoms with E-state index in [9.17, 15) is 0 Å². The van der Waals surface area contributed by atoms with Gasteiger partial charge in [0.2, 0.25) is 0 Å². The van der Waals surface area contributed by atoms with Gasteiger partial charge >= 0.3 is 0 Å². The molecule has 4 aliphatic rings. The number of nitrogens with one attached hydrogen (secondary N) is 1. The number of rotatable bonds is 3. The fraction of sp³-hybridized carbons (Fsp3) is 0.765. The summed E-state index contributed by atoms with van der Waals surface area (Å²) < 4.78 is 0. The van der Waals surface area contributed by atoms with Crippen molar-refractivity contribution in [2.24, 2.45) is 23.6 Å². The van der Waals surface area contributed by atoms with Gasteiger partial charge in [-0.1, -0.05) is 6.92 Å². The molecule has 5 rings (SSSR count). The Morgan fingerprint density at radius 3 is 2.14 bits per heavy atom. The highest BCUT2D eigenvalue weighted by Gasteiger charge is 2.53. The van der Waals surface area contributed by atoms with Gasteiger partial charge in [0.25, 0.3) is 0 Å². The molecule has 4 bridgehead atoms. The van der Waals surface area contributed by atoms with Crippen LogP contribution in [0.15, 0.2) is 0 Å². The molecule has 1 heterocycles. The lowest BCUT2D eigenvalue weighted by molar-refractivity contribution is -0.00942. The summed E-state index contributed by atoms with van der Waals surface area (Å²) in [5, 5.41) is 0. The summed E-state index contributed by atoms with van der Waals surface area (Å²) in [6.45, 7) is 4.24. The molecular formula is C17H26N4. The molecule has 0 atom stereocenters. The maximum atomic E-state index is 5.72. The molecule has 0 unspecified atom stereocenters. The van der Waals surface area contributed by atoms with Gasteiger partial charge in [-0.25, -0.2) is 15.8 Å². The van der Waals surface area contributed by atoms with Crippen LogP contribution in [0.3, 0.4) is 0 Å². The third-order valence-electron chi connectivity index (χ3n) is 6.22. The van der Waals surface area contributed by atoms with Crippen LogP contribution < -0.4 is 11.3 Å². The Morgan fingerprint density at radius 1 is 1.10 bits per heavy atom. The Balaban J connectivity index is 1.78. The van der Waals surface area contributed by atoms with E-state index in [-0.39, 0.29) is 5.41 Å². The normalized spacial score (nSPS) is 37.0. The Hall–Kier alpha value is -1.16. The van der Waals surface area contributed by atoms with Crippen LogP contribution in [-0.2, 0) is 11.8 Å². The highest BCUT2D eigenvalue weighted by molar-refractivity contribution is 5.46. The zero-order chi connectivity index (χ0) is 14.6. The first-order valence-corrected chi connectivity index (χ1v) is 8.48. The van der Waals surface area contributed by atoms with Crippen molar-refractivity contribution in [3.8, 4) is 0 Å². The zero-order valence-corrected chi connectivity index (χ0v) is 13.2. The Kier molecular flexibility index (Phi) is 3.00. The van der Waals surface area contributed by atoms with E-state index in [1.807, 2.05) is 0 Å². The number of hydrogen-bond acceptors (Lipinski definition) is 4. The van der Waals surface area contributed by atoms with Gasteiger partial charge in [-0.05, 0) is 69.6 Å². The first-order chi connectivity index (χ1) is 10.1. The molecule has 0 saturated heterocycles. The monoisotopic (exact) mass is 286 g/mol. The molecule has 0 radical (unpaired) electrons. The first-order valence-electron chi connectivity index (χ1n) is 8.48. The third-order valence-corrected chi connectivity index (χ3v) is 6.22. The predicted molar refractivity (Wildman–Crippen MR) is 83.8 cm³/mol. The quantitative estimate of drug-likeness (QED) is 0.662. The molecule has 1 aromatic heterocycles. The molecule has 0 spiro atoms. The number of nitrogens with two attached hydrogens (primary N) is 1. The number of aryl methyl sites for hydroxylation is 1. The number of nitrogens with zero attached hydrogens (tertiary/aromatic N) is 2. The van der Waals surface area contributed by atoms with Crippen LogP contribution in [0.1, 0.15) is 62.5 Å². The van der Waals surface area contributed by atoms with E-state index in [2.05, 4.69) is 19.3 Å². The number of anilines is 1. The lowest BCUT2D eigenvalue weighted by atomic mass is 9.49. The molecule has 0 aromatic carbocycles. The third kappa shape index (κ3) is 1.99. The summed E-state index contributed by atoms with van der Waals surface area (Å²) in [5.74, 6) is 10.4. The molecule has 0 aliphatic heterocycles. The van der Waals surface area contributed by atoms with E-state index in [1.54, 1.807) is 0 Å². The van der Waals surface area contributed by atoms with E-state index < -0.39 is 0 Å². The molecule has 0 amide bonds. The van der Waals surface area contributed by atoms with E-state index in [4.69, 9.17) is 15.8 Å². The molecule has 21 heavy (non-hydrogen) atoms. The van der Waals surface area contributed by atoms with Crippen LogP contribution in [0, 0.1) is 24.7 Å². The van der Waals surface area contributed by atoms with E-state index in [0.29, 0.717) is 0 Å². The Morgan fingerprint density at radius 2 is 1.67 bits per heavy atom. The fourth-order valence-corrected chi connectivity index (χ4v) is 5.76. The van der Waals surface area contributed by atoms with Crippen LogP contribution in [0.5, 0.6) is 0 Å². The van der Waals surface area contributed by atoms with E-state index in [1.165, 1.54) is 38.5 Å². The van der Waals surface area contributed by atoms with Crippen molar-refractivity contribution in [1.82, 2.24) is 9.97 Å². The van der Waals surface area contributed by atoms with Gasteiger partial charge in [-0.2, -0.15) is 0 Å². The minimum atomic E-state index is 0.247. The van der Waals surface area contributed by atoms with Gasteiger partial charge in [-0.15, -0.1) is 0 Å². The van der Waals surface area contributed by atoms with Gasteiger partial charge in [0, 0.05) is 16.7 Å². The predicted octanol–water partition coefficient (Wildman–Crippen LogP) is 3.10. The van der Waals surface area contributed by atoms with Crippen molar-refractivity contribution >= 4 is 5.82 Å². The molecule has 4 fully saturated rings. The smallest absolute Gasteiger partial charge is 0.147 e. The molecule has 4 saturated carbocycles. The summed E-state index contributed by atoms with van der Waals surface area (Å²) in [6.07, 6.45) is 9.18. The van der Waals surface area contributed by atoms with Crippen molar-refractivity contribution < 1.29 is 0 Å². The van der Waals surface area contributed by atoms with Crippen molar-refractivity contribution in [2.75, 3.05) is 5.43 Å². The summed E-state index contributed by atoms with van der Waals surface area (Å²) in [4.78, 5) is 9.80. The minimum Gasteiger partial charge on any atom is -0.308 e. The van der Waals surface area contributed by atoms with Crippen LogP contribution in [0.4, 0.5) is 5.82 Å². The van der Waals surface area contributed by atoms with Crippen LogP contribution >= 0.6 is 0 Å². The minimum absolute atomic E-state index is 0.247. The Bertz CT molecular complexity index is 531. The molecular weight excluding hydrogens is 260 g/mol. The molecule has 114 valence electrons. The molecule has 4 aliphatic carbocycles. The second kappa shape index (κ2) is 4.67. The summed E-state index contributed by atoms with van der Waals surface area (Å²) in [7, 11) is 0. The van der Waals surface area contributed by atoms with E-state index >= 15 is 0 Å². The molecule has 1 aromatic rings. The number of hydrogen-bond donors (Lipinski definition) is 2. The SMILES string of the molecule is CCc1c(C)nc(C23CC4CC(CC(C4)C2)C3)nc1NN. The topological polar surface area (TPSA) is 63.8 Å². The largest absolute Gasteiger partial charge is 0.308 e. The van der Waals surface area contributed by atoms with Crippen LogP contribution in [-0.4, -0.2) is 9.97 Å². The second-order valence-electron chi connectivity index (χ2n) is 7.66. The average molecular weight is 286 g/mol. The van der Waals surface area contributed by atoms with Crippen LogP contribution in [0.25, 0.3) is 0 Å². The summed E-state index contributed by atoms with van der Waals surface area (Å²) in [6, 6.07) is 0. The van der Waals surface area contributed by atoms with E-state index in [0.717, 1.165) is 47.1 Å². The van der Waals surface area contributed by atoms with Gasteiger partial charge < -0.3 is 5.43 Å². The number of nitrogen functional groups attached to an aromatic ring is 1. The lowest BCUT2D eigenvalue weighted by Gasteiger charge is -2.56. The summed E-state index contributed by atoms with van der Waals surface area (Å²) >= 11 is 0. The van der Waals surface area contributed by atoms with Crippen LogP contribution in [0.2, 0.25) is 0 Å². The molecule has 4 heteroatoms.